The summed E-state index contributed by atoms with van der Waals surface area (Å²) in [6, 6.07) is 5.95. The second-order valence-electron chi connectivity index (χ2n) is 7.96. The SMILES string of the molecule is Cc1cc(C)n2nc(-c3nc(C4CCCN(C)C4)nn3-c3ccnn3C)cc2n1. The largest absolute Gasteiger partial charge is 0.306 e. The fraction of sp³-hybridized carbons (Fsp3) is 0.450. The lowest BCUT2D eigenvalue weighted by Crippen LogP contribution is -2.31. The van der Waals surface area contributed by atoms with Gasteiger partial charge in [-0.1, -0.05) is 0 Å². The van der Waals surface area contributed by atoms with Crippen LogP contribution < -0.4 is 0 Å². The van der Waals surface area contributed by atoms with Gasteiger partial charge in [0.25, 0.3) is 0 Å². The molecule has 9 heteroatoms. The minimum atomic E-state index is 0.320. The van der Waals surface area contributed by atoms with Gasteiger partial charge in [0.15, 0.2) is 23.1 Å². The van der Waals surface area contributed by atoms with Gasteiger partial charge in [-0.25, -0.2) is 14.5 Å². The van der Waals surface area contributed by atoms with Gasteiger partial charge >= 0.3 is 0 Å². The van der Waals surface area contributed by atoms with E-state index in [1.807, 2.05) is 48.3 Å². The van der Waals surface area contributed by atoms with Crippen molar-refractivity contribution in [1.29, 1.82) is 0 Å². The molecule has 0 aromatic carbocycles. The topological polar surface area (TPSA) is 82.0 Å². The third-order valence-corrected chi connectivity index (χ3v) is 5.59. The summed E-state index contributed by atoms with van der Waals surface area (Å²) in [6.07, 6.45) is 4.03. The van der Waals surface area contributed by atoms with E-state index < -0.39 is 0 Å². The normalized spacial score (nSPS) is 18.0. The van der Waals surface area contributed by atoms with Crippen molar-refractivity contribution in [1.82, 2.24) is 44.0 Å². The summed E-state index contributed by atoms with van der Waals surface area (Å²) >= 11 is 0. The zero-order valence-corrected chi connectivity index (χ0v) is 17.2. The number of rotatable bonds is 3. The van der Waals surface area contributed by atoms with E-state index in [2.05, 4.69) is 22.0 Å². The number of fused-ring (bicyclic) bond motifs is 1. The number of nitrogens with zero attached hydrogens (tertiary/aromatic N) is 9. The first kappa shape index (κ1) is 18.0. The van der Waals surface area contributed by atoms with Crippen LogP contribution in [-0.4, -0.2) is 64.2 Å². The van der Waals surface area contributed by atoms with Gasteiger partial charge < -0.3 is 4.90 Å². The highest BCUT2D eigenvalue weighted by atomic mass is 15.4. The molecule has 0 saturated carbocycles. The standard InChI is InChI=1S/C20H25N9/c1-13-10-14(2)28-17(22-13)11-16(24-28)20-23-19(15-6-5-9-26(3)12-15)25-29(20)18-7-8-21-27(18)4/h7-8,10-11,15H,5-6,9,12H2,1-4H3. The number of hydrogen-bond donors (Lipinski definition) is 0. The van der Waals surface area contributed by atoms with Crippen molar-refractivity contribution in [3.05, 3.63) is 41.6 Å². The van der Waals surface area contributed by atoms with Crippen LogP contribution in [-0.2, 0) is 7.05 Å². The van der Waals surface area contributed by atoms with Gasteiger partial charge in [0.2, 0.25) is 0 Å². The molecule has 9 nitrogen and oxygen atoms in total. The summed E-state index contributed by atoms with van der Waals surface area (Å²) in [5.41, 5.74) is 3.59. The zero-order chi connectivity index (χ0) is 20.1. The molecule has 5 heterocycles. The number of aromatic nitrogens is 8. The predicted molar refractivity (Wildman–Crippen MR) is 109 cm³/mol. The van der Waals surface area contributed by atoms with E-state index >= 15 is 0 Å². The number of piperidine rings is 1. The minimum absolute atomic E-state index is 0.320. The zero-order valence-electron chi connectivity index (χ0n) is 17.2. The van der Waals surface area contributed by atoms with Crippen LogP contribution >= 0.6 is 0 Å². The maximum atomic E-state index is 4.96. The summed E-state index contributed by atoms with van der Waals surface area (Å²) in [7, 11) is 4.07. The van der Waals surface area contributed by atoms with Crippen LogP contribution in [0.2, 0.25) is 0 Å². The maximum Gasteiger partial charge on any atom is 0.185 e. The van der Waals surface area contributed by atoms with Crippen LogP contribution in [0.25, 0.3) is 23.0 Å². The molecule has 1 saturated heterocycles. The highest BCUT2D eigenvalue weighted by molar-refractivity contribution is 5.60. The van der Waals surface area contributed by atoms with Crippen LogP contribution in [0.1, 0.15) is 36.0 Å². The van der Waals surface area contributed by atoms with Crippen LogP contribution in [0.15, 0.2) is 24.4 Å². The average Bonchev–Trinajstić information content (AvgIpc) is 3.38. The third-order valence-electron chi connectivity index (χ3n) is 5.59. The number of aryl methyl sites for hydroxylation is 3. The van der Waals surface area contributed by atoms with E-state index in [1.54, 1.807) is 10.9 Å². The van der Waals surface area contributed by atoms with Crippen molar-refractivity contribution >= 4 is 5.65 Å². The van der Waals surface area contributed by atoms with E-state index in [-0.39, 0.29) is 0 Å². The van der Waals surface area contributed by atoms with E-state index in [0.717, 1.165) is 66.1 Å². The van der Waals surface area contributed by atoms with Crippen molar-refractivity contribution < 1.29 is 0 Å². The Morgan fingerprint density at radius 1 is 1.07 bits per heavy atom. The number of likely N-dealkylation sites (N-methyl/N-ethyl adjacent to an activating group) is 1. The number of likely N-dealkylation sites (tertiary alicyclic amines) is 1. The van der Waals surface area contributed by atoms with Crippen LogP contribution in [0.5, 0.6) is 0 Å². The molecule has 0 bridgehead atoms. The predicted octanol–water partition coefficient (Wildman–Crippen LogP) is 2.14. The molecule has 1 aliphatic rings. The summed E-state index contributed by atoms with van der Waals surface area (Å²) in [5, 5.41) is 14.0. The molecule has 0 aliphatic carbocycles. The lowest BCUT2D eigenvalue weighted by atomic mass is 9.98. The molecule has 150 valence electrons. The molecule has 0 spiro atoms. The van der Waals surface area contributed by atoms with Gasteiger partial charge in [-0.05, 0) is 46.3 Å². The first-order valence-electron chi connectivity index (χ1n) is 9.98. The highest BCUT2D eigenvalue weighted by Gasteiger charge is 2.26. The Morgan fingerprint density at radius 3 is 2.69 bits per heavy atom. The van der Waals surface area contributed by atoms with E-state index in [0.29, 0.717) is 5.92 Å². The quantitative estimate of drug-likeness (QED) is 0.532. The summed E-state index contributed by atoms with van der Waals surface area (Å²) < 4.78 is 5.53. The van der Waals surface area contributed by atoms with Crippen LogP contribution in [0.3, 0.4) is 0 Å². The van der Waals surface area contributed by atoms with E-state index in [9.17, 15) is 0 Å². The molecule has 5 rings (SSSR count). The van der Waals surface area contributed by atoms with E-state index in [4.69, 9.17) is 15.2 Å². The number of hydrogen-bond acceptors (Lipinski definition) is 6. The monoisotopic (exact) mass is 391 g/mol. The van der Waals surface area contributed by atoms with Crippen LogP contribution in [0.4, 0.5) is 0 Å². The van der Waals surface area contributed by atoms with Gasteiger partial charge in [0, 0.05) is 43.0 Å². The molecule has 1 unspecified atom stereocenters. The van der Waals surface area contributed by atoms with Crippen molar-refractivity contribution in [3.8, 4) is 17.3 Å². The Bertz CT molecular complexity index is 1180. The van der Waals surface area contributed by atoms with Gasteiger partial charge in [-0.3, -0.25) is 4.68 Å². The van der Waals surface area contributed by atoms with Crippen molar-refractivity contribution in [2.45, 2.75) is 32.6 Å². The fourth-order valence-electron chi connectivity index (χ4n) is 4.17. The molecule has 1 aliphatic heterocycles. The van der Waals surface area contributed by atoms with Crippen LogP contribution in [0, 0.1) is 13.8 Å². The molecular weight excluding hydrogens is 366 g/mol. The minimum Gasteiger partial charge on any atom is -0.306 e. The Hall–Kier alpha value is -3.07. The first-order valence-corrected chi connectivity index (χ1v) is 9.98. The Balaban J connectivity index is 1.67. The molecule has 1 fully saturated rings. The van der Waals surface area contributed by atoms with Gasteiger partial charge in [0.05, 0.1) is 6.20 Å². The van der Waals surface area contributed by atoms with Crippen molar-refractivity contribution in [3.63, 3.8) is 0 Å². The lowest BCUT2D eigenvalue weighted by Gasteiger charge is -2.27. The Kier molecular flexibility index (Phi) is 4.20. The summed E-state index contributed by atoms with van der Waals surface area (Å²) in [5.74, 6) is 2.77. The molecular formula is C20H25N9. The highest BCUT2D eigenvalue weighted by Crippen LogP contribution is 2.28. The first-order chi connectivity index (χ1) is 14.0. The average molecular weight is 391 g/mol. The molecule has 1 atom stereocenters. The summed E-state index contributed by atoms with van der Waals surface area (Å²) in [6.45, 7) is 6.13. The molecule has 4 aromatic rings. The third kappa shape index (κ3) is 3.11. The van der Waals surface area contributed by atoms with Gasteiger partial charge in [0.1, 0.15) is 5.69 Å². The molecule has 0 radical (unpaired) electrons. The molecule has 0 amide bonds. The van der Waals surface area contributed by atoms with Gasteiger partial charge in [-0.15, -0.1) is 5.10 Å². The Labute approximate surface area is 169 Å². The van der Waals surface area contributed by atoms with Crippen molar-refractivity contribution in [2.75, 3.05) is 20.1 Å². The molecule has 0 N–H and O–H groups in total. The van der Waals surface area contributed by atoms with Gasteiger partial charge in [-0.2, -0.15) is 14.9 Å². The fourth-order valence-corrected chi connectivity index (χ4v) is 4.17. The lowest BCUT2D eigenvalue weighted by molar-refractivity contribution is 0.246. The second-order valence-corrected chi connectivity index (χ2v) is 7.96. The van der Waals surface area contributed by atoms with E-state index in [1.165, 1.54) is 0 Å². The molecule has 29 heavy (non-hydrogen) atoms. The second kappa shape index (κ2) is 6.77. The Morgan fingerprint density at radius 2 is 1.93 bits per heavy atom. The molecule has 4 aromatic heterocycles. The summed E-state index contributed by atoms with van der Waals surface area (Å²) in [4.78, 5) is 11.9. The smallest absolute Gasteiger partial charge is 0.185 e. The maximum absolute atomic E-state index is 4.96. The van der Waals surface area contributed by atoms with Crippen molar-refractivity contribution in [2.24, 2.45) is 7.05 Å².